The summed E-state index contributed by atoms with van der Waals surface area (Å²) in [7, 11) is 0. The minimum Gasteiger partial charge on any atom is -0.481 e. The van der Waals surface area contributed by atoms with E-state index in [1.807, 2.05) is 0 Å². The standard InChI is InChI=1S/C13H12F3NO3/c14-9-3-7(4-10(15)13(9)16)6-17-8(5-12(19)20)1-2-11(17)18/h3-4,8H,1-2,5-6H2,(H,19,20). The molecule has 0 aromatic heterocycles. The smallest absolute Gasteiger partial charge is 0.305 e. The Morgan fingerprint density at radius 1 is 1.30 bits per heavy atom. The van der Waals surface area contributed by atoms with Crippen LogP contribution in [-0.2, 0) is 16.1 Å². The van der Waals surface area contributed by atoms with Crippen molar-refractivity contribution in [3.8, 4) is 0 Å². The van der Waals surface area contributed by atoms with Gasteiger partial charge in [-0.05, 0) is 24.1 Å². The van der Waals surface area contributed by atoms with E-state index in [0.29, 0.717) is 6.42 Å². The molecule has 0 spiro atoms. The summed E-state index contributed by atoms with van der Waals surface area (Å²) in [4.78, 5) is 23.6. The van der Waals surface area contributed by atoms with Crippen molar-refractivity contribution in [3.05, 3.63) is 35.1 Å². The predicted molar refractivity (Wildman–Crippen MR) is 62.1 cm³/mol. The molecule has 20 heavy (non-hydrogen) atoms. The highest BCUT2D eigenvalue weighted by Gasteiger charge is 2.32. The third-order valence-electron chi connectivity index (χ3n) is 3.26. The largest absolute Gasteiger partial charge is 0.481 e. The summed E-state index contributed by atoms with van der Waals surface area (Å²) in [5, 5.41) is 8.76. The summed E-state index contributed by atoms with van der Waals surface area (Å²) in [6.45, 7) is -0.134. The Hall–Kier alpha value is -2.05. The Labute approximate surface area is 112 Å². The molecule has 1 atom stereocenters. The number of halogens is 3. The number of aliphatic carboxylic acids is 1. The second-order valence-corrected chi connectivity index (χ2v) is 4.69. The Bertz CT molecular complexity index is 539. The van der Waals surface area contributed by atoms with Gasteiger partial charge in [-0.1, -0.05) is 0 Å². The van der Waals surface area contributed by atoms with E-state index in [0.717, 1.165) is 12.1 Å². The number of rotatable bonds is 4. The summed E-state index contributed by atoms with van der Waals surface area (Å²) in [5.74, 6) is -5.56. The molecule has 7 heteroatoms. The molecular formula is C13H12F3NO3. The van der Waals surface area contributed by atoms with Crippen molar-refractivity contribution in [2.75, 3.05) is 0 Å². The first-order valence-electron chi connectivity index (χ1n) is 6.03. The van der Waals surface area contributed by atoms with Crippen LogP contribution in [0.1, 0.15) is 24.8 Å². The second kappa shape index (κ2) is 5.52. The van der Waals surface area contributed by atoms with Crippen LogP contribution in [0, 0.1) is 17.5 Å². The number of nitrogens with zero attached hydrogens (tertiary/aromatic N) is 1. The first-order chi connectivity index (χ1) is 9.38. The van der Waals surface area contributed by atoms with E-state index in [1.165, 1.54) is 4.90 Å². The summed E-state index contributed by atoms with van der Waals surface area (Å²) in [5.41, 5.74) is 0.0899. The van der Waals surface area contributed by atoms with E-state index in [-0.39, 0.29) is 30.9 Å². The van der Waals surface area contributed by atoms with Crippen LogP contribution >= 0.6 is 0 Å². The van der Waals surface area contributed by atoms with Crippen molar-refractivity contribution < 1.29 is 27.9 Å². The van der Waals surface area contributed by atoms with Gasteiger partial charge in [-0.3, -0.25) is 9.59 Å². The lowest BCUT2D eigenvalue weighted by molar-refractivity contribution is -0.139. The summed E-state index contributed by atoms with van der Waals surface area (Å²) < 4.78 is 39.1. The number of carboxylic acid groups (broad SMARTS) is 1. The zero-order valence-electron chi connectivity index (χ0n) is 10.4. The van der Waals surface area contributed by atoms with Crippen molar-refractivity contribution in [3.63, 3.8) is 0 Å². The first-order valence-corrected chi connectivity index (χ1v) is 6.03. The van der Waals surface area contributed by atoms with E-state index >= 15 is 0 Å². The topological polar surface area (TPSA) is 57.6 Å². The maximum Gasteiger partial charge on any atom is 0.305 e. The predicted octanol–water partition coefficient (Wildman–Crippen LogP) is 2.07. The molecule has 1 aromatic carbocycles. The fourth-order valence-electron chi connectivity index (χ4n) is 2.32. The van der Waals surface area contributed by atoms with Crippen molar-refractivity contribution in [2.45, 2.75) is 31.8 Å². The molecule has 1 aliphatic rings. The Morgan fingerprint density at radius 3 is 2.45 bits per heavy atom. The third kappa shape index (κ3) is 2.92. The van der Waals surface area contributed by atoms with Gasteiger partial charge in [0, 0.05) is 19.0 Å². The molecule has 1 amide bonds. The lowest BCUT2D eigenvalue weighted by atomic mass is 10.1. The van der Waals surface area contributed by atoms with E-state index < -0.39 is 29.5 Å². The normalized spacial score (nSPS) is 18.6. The van der Waals surface area contributed by atoms with Crippen LogP contribution in [0.15, 0.2) is 12.1 Å². The molecule has 1 saturated heterocycles. The fraction of sp³-hybridized carbons (Fsp3) is 0.385. The highest BCUT2D eigenvalue weighted by atomic mass is 19.2. The van der Waals surface area contributed by atoms with Gasteiger partial charge in [0.2, 0.25) is 5.91 Å². The monoisotopic (exact) mass is 287 g/mol. The Balaban J connectivity index is 2.19. The van der Waals surface area contributed by atoms with E-state index in [2.05, 4.69) is 0 Å². The summed E-state index contributed by atoms with van der Waals surface area (Å²) in [6, 6.07) is 1.11. The maximum atomic E-state index is 13.1. The van der Waals surface area contributed by atoms with Gasteiger partial charge in [0.05, 0.1) is 6.42 Å². The van der Waals surface area contributed by atoms with Gasteiger partial charge in [-0.25, -0.2) is 13.2 Å². The van der Waals surface area contributed by atoms with Crippen LogP contribution in [0.3, 0.4) is 0 Å². The van der Waals surface area contributed by atoms with Gasteiger partial charge in [0.15, 0.2) is 17.5 Å². The number of benzene rings is 1. The number of carbonyl (C=O) groups excluding carboxylic acids is 1. The zero-order chi connectivity index (χ0) is 14.9. The summed E-state index contributed by atoms with van der Waals surface area (Å²) >= 11 is 0. The quantitative estimate of drug-likeness (QED) is 0.862. The van der Waals surface area contributed by atoms with Gasteiger partial charge in [-0.2, -0.15) is 0 Å². The molecule has 108 valence electrons. The van der Waals surface area contributed by atoms with E-state index in [1.54, 1.807) is 0 Å². The van der Waals surface area contributed by atoms with Gasteiger partial charge in [-0.15, -0.1) is 0 Å². The van der Waals surface area contributed by atoms with Gasteiger partial charge in [0.1, 0.15) is 0 Å². The van der Waals surface area contributed by atoms with E-state index in [4.69, 9.17) is 5.11 Å². The van der Waals surface area contributed by atoms with Crippen LogP contribution in [0.25, 0.3) is 0 Å². The molecule has 1 fully saturated rings. The molecule has 0 bridgehead atoms. The molecular weight excluding hydrogens is 275 g/mol. The van der Waals surface area contributed by atoms with Gasteiger partial charge in [0.25, 0.3) is 0 Å². The van der Waals surface area contributed by atoms with Crippen molar-refractivity contribution >= 4 is 11.9 Å². The van der Waals surface area contributed by atoms with Crippen LogP contribution in [0.2, 0.25) is 0 Å². The number of likely N-dealkylation sites (tertiary alicyclic amines) is 1. The summed E-state index contributed by atoms with van der Waals surface area (Å²) in [6.07, 6.45) is 0.360. The maximum absolute atomic E-state index is 13.1. The number of carbonyl (C=O) groups is 2. The van der Waals surface area contributed by atoms with Crippen LogP contribution < -0.4 is 0 Å². The number of carboxylic acids is 1. The molecule has 1 heterocycles. The second-order valence-electron chi connectivity index (χ2n) is 4.69. The minimum atomic E-state index is -1.57. The lowest BCUT2D eigenvalue weighted by Crippen LogP contribution is -2.34. The van der Waals surface area contributed by atoms with Crippen LogP contribution in [0.5, 0.6) is 0 Å². The zero-order valence-corrected chi connectivity index (χ0v) is 10.4. The van der Waals surface area contributed by atoms with Crippen LogP contribution in [-0.4, -0.2) is 27.9 Å². The third-order valence-corrected chi connectivity index (χ3v) is 3.26. The Kier molecular flexibility index (Phi) is 3.96. The lowest BCUT2D eigenvalue weighted by Gasteiger charge is -2.23. The molecule has 2 rings (SSSR count). The number of hydrogen-bond acceptors (Lipinski definition) is 2. The van der Waals surface area contributed by atoms with Crippen molar-refractivity contribution in [1.82, 2.24) is 4.90 Å². The number of amides is 1. The number of hydrogen-bond donors (Lipinski definition) is 1. The van der Waals surface area contributed by atoms with Crippen molar-refractivity contribution in [2.24, 2.45) is 0 Å². The molecule has 1 aromatic rings. The van der Waals surface area contributed by atoms with E-state index in [9.17, 15) is 22.8 Å². The minimum absolute atomic E-state index is 0.0899. The molecule has 1 N–H and O–H groups in total. The highest BCUT2D eigenvalue weighted by molar-refractivity contribution is 5.80. The van der Waals surface area contributed by atoms with Crippen LogP contribution in [0.4, 0.5) is 13.2 Å². The molecule has 0 saturated carbocycles. The average Bonchev–Trinajstić information content (AvgIpc) is 2.68. The molecule has 0 radical (unpaired) electrons. The highest BCUT2D eigenvalue weighted by Crippen LogP contribution is 2.25. The molecule has 4 nitrogen and oxygen atoms in total. The molecule has 1 aliphatic heterocycles. The Morgan fingerprint density at radius 2 is 1.90 bits per heavy atom. The molecule has 1 unspecified atom stereocenters. The van der Waals surface area contributed by atoms with Gasteiger partial charge < -0.3 is 10.0 Å². The average molecular weight is 287 g/mol. The van der Waals surface area contributed by atoms with Gasteiger partial charge >= 0.3 is 5.97 Å². The first kappa shape index (κ1) is 14.4. The van der Waals surface area contributed by atoms with Crippen molar-refractivity contribution in [1.29, 1.82) is 0 Å². The SMILES string of the molecule is O=C(O)CC1CCC(=O)N1Cc1cc(F)c(F)c(F)c1. The molecule has 0 aliphatic carbocycles. The fourth-order valence-corrected chi connectivity index (χ4v) is 2.32.